The van der Waals surface area contributed by atoms with Crippen molar-refractivity contribution >= 4 is 5.97 Å². The lowest BCUT2D eigenvalue weighted by molar-refractivity contribution is -0.784. The highest BCUT2D eigenvalue weighted by molar-refractivity contribution is 5.66. The first kappa shape index (κ1) is 18.9. The van der Waals surface area contributed by atoms with Crippen LogP contribution in [0.4, 0.5) is 0 Å². The molecule has 1 aromatic rings. The van der Waals surface area contributed by atoms with Crippen LogP contribution in [0.3, 0.4) is 0 Å². The zero-order valence-corrected chi connectivity index (χ0v) is 14.1. The van der Waals surface area contributed by atoms with E-state index in [-0.39, 0.29) is 6.61 Å². The molecule has 12 nitrogen and oxygen atoms in total. The Bertz CT molecular complexity index is 741. The fourth-order valence-corrected chi connectivity index (χ4v) is 3.02. The van der Waals surface area contributed by atoms with Gasteiger partial charge in [-0.25, -0.2) is 0 Å². The minimum atomic E-state index is -1.57. The first-order chi connectivity index (χ1) is 13.0. The van der Waals surface area contributed by atoms with Crippen LogP contribution in [0.15, 0.2) is 35.4 Å². The van der Waals surface area contributed by atoms with E-state index >= 15 is 0 Å². The molecule has 0 aromatic heterocycles. The molecule has 0 unspecified atom stereocenters. The third kappa shape index (κ3) is 4.26. The number of benzene rings is 1. The van der Waals surface area contributed by atoms with Gasteiger partial charge in [-0.1, -0.05) is 35.4 Å². The molecule has 3 rings (SSSR count). The van der Waals surface area contributed by atoms with Crippen LogP contribution in [0.1, 0.15) is 18.8 Å². The van der Waals surface area contributed by atoms with Gasteiger partial charge >= 0.3 is 5.97 Å². The molecule has 2 heterocycles. The largest absolute Gasteiger partial charge is 0.459 e. The molecule has 1 aromatic carbocycles. The van der Waals surface area contributed by atoms with Crippen molar-refractivity contribution in [2.45, 2.75) is 43.9 Å². The SMILES string of the molecule is CC(=O)O[C@@H]1[C@@H](N=[N+]=[N-])[C@@H](O[N+](=O)[O-])O[C@@H]2CO[C@H](c3ccccc3)O[C@H]12. The first-order valence-electron chi connectivity index (χ1n) is 7.99. The van der Waals surface area contributed by atoms with Crippen molar-refractivity contribution in [2.24, 2.45) is 5.11 Å². The van der Waals surface area contributed by atoms with Crippen molar-refractivity contribution in [3.05, 3.63) is 56.5 Å². The Hall–Kier alpha value is -2.92. The van der Waals surface area contributed by atoms with E-state index in [1.807, 2.05) is 6.07 Å². The Kier molecular flexibility index (Phi) is 5.72. The van der Waals surface area contributed by atoms with Crippen LogP contribution < -0.4 is 0 Å². The number of carbonyl (C=O) groups excluding carboxylic acids is 1. The number of azide groups is 1. The van der Waals surface area contributed by atoms with Gasteiger partial charge in [0.2, 0.25) is 6.29 Å². The van der Waals surface area contributed by atoms with Gasteiger partial charge in [-0.15, -0.1) is 10.1 Å². The van der Waals surface area contributed by atoms with Gasteiger partial charge in [-0.2, -0.15) is 0 Å². The summed E-state index contributed by atoms with van der Waals surface area (Å²) in [4.78, 5) is 29.4. The van der Waals surface area contributed by atoms with Gasteiger partial charge in [0.1, 0.15) is 24.4 Å². The standard InChI is InChI=1S/C15H16N4O8/c1-8(20)24-13-11(17-18-16)15(27-19(21)22)25-10-7-23-14(26-12(10)13)9-5-3-2-4-6-9/h2-6,10-15H,7H2,1H3/t10-,11-,12+,13-,14+,15-/m1/s1. The molecule has 0 amide bonds. The summed E-state index contributed by atoms with van der Waals surface area (Å²) in [6.45, 7) is 1.16. The Morgan fingerprint density at radius 1 is 1.37 bits per heavy atom. The Labute approximate surface area is 152 Å². The first-order valence-corrected chi connectivity index (χ1v) is 7.99. The minimum absolute atomic E-state index is 0.00253. The number of esters is 1. The second-order valence-electron chi connectivity index (χ2n) is 5.82. The summed E-state index contributed by atoms with van der Waals surface area (Å²) in [5.74, 6) is -0.676. The zero-order valence-electron chi connectivity index (χ0n) is 14.1. The third-order valence-electron chi connectivity index (χ3n) is 4.06. The summed E-state index contributed by atoms with van der Waals surface area (Å²) >= 11 is 0. The Morgan fingerprint density at radius 3 is 2.74 bits per heavy atom. The van der Waals surface area contributed by atoms with Gasteiger partial charge < -0.3 is 18.9 Å². The second-order valence-corrected chi connectivity index (χ2v) is 5.82. The molecule has 0 aliphatic carbocycles. The molecule has 0 bridgehead atoms. The summed E-state index contributed by atoms with van der Waals surface area (Å²) in [6.07, 6.45) is -5.20. The summed E-state index contributed by atoms with van der Waals surface area (Å²) in [6, 6.07) is 7.70. The fraction of sp³-hybridized carbons (Fsp3) is 0.533. The Balaban J connectivity index is 1.89. The molecular weight excluding hydrogens is 364 g/mol. The average Bonchev–Trinajstić information content (AvgIpc) is 2.64. The lowest BCUT2D eigenvalue weighted by Gasteiger charge is -2.46. The molecule has 12 heteroatoms. The lowest BCUT2D eigenvalue weighted by Crippen LogP contribution is -2.62. The van der Waals surface area contributed by atoms with E-state index < -0.39 is 48.0 Å². The summed E-state index contributed by atoms with van der Waals surface area (Å²) < 4.78 is 22.3. The van der Waals surface area contributed by atoms with E-state index in [0.29, 0.717) is 0 Å². The molecule has 0 saturated carbocycles. The maximum absolute atomic E-state index is 11.6. The number of nitrogens with zero attached hydrogens (tertiary/aromatic N) is 4. The van der Waals surface area contributed by atoms with Crippen molar-refractivity contribution in [3.8, 4) is 0 Å². The van der Waals surface area contributed by atoms with Crippen LogP contribution in [0, 0.1) is 10.1 Å². The van der Waals surface area contributed by atoms with Gasteiger partial charge in [0.15, 0.2) is 6.29 Å². The van der Waals surface area contributed by atoms with Crippen molar-refractivity contribution < 1.29 is 33.7 Å². The van der Waals surface area contributed by atoms with Crippen LogP contribution in [0.2, 0.25) is 0 Å². The number of hydrogen-bond donors (Lipinski definition) is 0. The van der Waals surface area contributed by atoms with Crippen LogP contribution in [-0.2, 0) is 28.6 Å². The number of rotatable bonds is 5. The number of ether oxygens (including phenoxy) is 4. The van der Waals surface area contributed by atoms with Crippen molar-refractivity contribution in [3.63, 3.8) is 0 Å². The highest BCUT2D eigenvalue weighted by Gasteiger charge is 2.52. The lowest BCUT2D eigenvalue weighted by atomic mass is 9.96. The van der Waals surface area contributed by atoms with Crippen LogP contribution >= 0.6 is 0 Å². The molecule has 0 N–H and O–H groups in total. The minimum Gasteiger partial charge on any atom is -0.459 e. The zero-order chi connectivity index (χ0) is 19.4. The molecule has 2 fully saturated rings. The highest BCUT2D eigenvalue weighted by Crippen LogP contribution is 2.36. The molecule has 0 spiro atoms. The molecule has 144 valence electrons. The summed E-state index contributed by atoms with van der Waals surface area (Å²) in [5, 5.41) is 13.1. The van der Waals surface area contributed by atoms with E-state index in [1.54, 1.807) is 24.3 Å². The van der Waals surface area contributed by atoms with E-state index in [9.17, 15) is 14.9 Å². The van der Waals surface area contributed by atoms with Gasteiger partial charge in [0, 0.05) is 17.4 Å². The van der Waals surface area contributed by atoms with Crippen molar-refractivity contribution in [1.29, 1.82) is 0 Å². The Morgan fingerprint density at radius 2 is 2.11 bits per heavy atom. The number of fused-ring (bicyclic) bond motifs is 1. The predicted molar refractivity (Wildman–Crippen MR) is 85.2 cm³/mol. The van der Waals surface area contributed by atoms with Crippen LogP contribution in [0.25, 0.3) is 10.4 Å². The average molecular weight is 380 g/mol. The third-order valence-corrected chi connectivity index (χ3v) is 4.06. The van der Waals surface area contributed by atoms with E-state index in [4.69, 9.17) is 24.5 Å². The molecule has 2 aliphatic heterocycles. The van der Waals surface area contributed by atoms with E-state index in [2.05, 4.69) is 14.9 Å². The normalized spacial score (nSPS) is 32.5. The molecule has 2 saturated heterocycles. The topological polar surface area (TPSA) is 155 Å². The van der Waals surface area contributed by atoms with Crippen molar-refractivity contribution in [2.75, 3.05) is 6.61 Å². The van der Waals surface area contributed by atoms with Crippen LogP contribution in [-0.4, -0.2) is 48.3 Å². The molecule has 2 aliphatic rings. The molecular formula is C15H16N4O8. The van der Waals surface area contributed by atoms with E-state index in [1.165, 1.54) is 0 Å². The summed E-state index contributed by atoms with van der Waals surface area (Å²) in [5.41, 5.74) is 9.54. The number of carbonyl (C=O) groups is 1. The maximum Gasteiger partial charge on any atom is 0.303 e. The summed E-state index contributed by atoms with van der Waals surface area (Å²) in [7, 11) is 0. The van der Waals surface area contributed by atoms with Crippen LogP contribution in [0.5, 0.6) is 0 Å². The van der Waals surface area contributed by atoms with Gasteiger partial charge in [0.05, 0.1) is 6.61 Å². The maximum atomic E-state index is 11.6. The molecule has 6 atom stereocenters. The predicted octanol–water partition coefficient (Wildman–Crippen LogP) is 1.64. The second kappa shape index (κ2) is 8.18. The van der Waals surface area contributed by atoms with Gasteiger partial charge in [-0.05, 0) is 5.53 Å². The van der Waals surface area contributed by atoms with Gasteiger partial charge in [0.25, 0.3) is 5.09 Å². The monoisotopic (exact) mass is 380 g/mol. The quantitative estimate of drug-likeness (QED) is 0.186. The fourth-order valence-electron chi connectivity index (χ4n) is 3.02. The smallest absolute Gasteiger partial charge is 0.303 e. The molecule has 0 radical (unpaired) electrons. The number of hydrogen-bond acceptors (Lipinski definition) is 9. The van der Waals surface area contributed by atoms with Gasteiger partial charge in [-0.3, -0.25) is 9.63 Å². The van der Waals surface area contributed by atoms with Crippen molar-refractivity contribution in [1.82, 2.24) is 0 Å². The molecule has 27 heavy (non-hydrogen) atoms. The highest BCUT2D eigenvalue weighted by atomic mass is 17.0. The van der Waals surface area contributed by atoms with E-state index in [0.717, 1.165) is 12.5 Å².